The average Bonchev–Trinajstić information content (AvgIpc) is 3.30. The summed E-state index contributed by atoms with van der Waals surface area (Å²) in [7, 11) is -5.35. The van der Waals surface area contributed by atoms with Crippen LogP contribution in [-0.4, -0.2) is 41.5 Å². The minimum absolute atomic E-state index is 0.197. The molecule has 1 saturated heterocycles. The molecule has 200 valence electrons. The van der Waals surface area contributed by atoms with Gasteiger partial charge in [-0.15, -0.1) is 0 Å². The second-order valence-electron chi connectivity index (χ2n) is 9.20. The molecule has 5 rings (SSSR count). The number of hydrogen-bond acceptors (Lipinski definition) is 3. The fourth-order valence-electron chi connectivity index (χ4n) is 4.98. The van der Waals surface area contributed by atoms with Gasteiger partial charge in [-0.05, 0) is 65.9 Å². The Morgan fingerprint density at radius 2 is 1.47 bits per heavy atom. The predicted octanol–water partition coefficient (Wildman–Crippen LogP) is 7.73. The lowest BCUT2D eigenvalue weighted by atomic mass is 9.84. The van der Waals surface area contributed by atoms with Gasteiger partial charge in [0.1, 0.15) is 0 Å². The molecule has 2 heterocycles. The molecule has 0 amide bonds. The molecule has 38 heavy (non-hydrogen) atoms. The minimum atomic E-state index is -5.35. The van der Waals surface area contributed by atoms with E-state index in [2.05, 4.69) is 10.2 Å². The normalized spacial score (nSPS) is 16.7. The highest BCUT2D eigenvalue weighted by Crippen LogP contribution is 2.39. The Balaban J connectivity index is 1.51. The Hall–Kier alpha value is -2.30. The first-order valence-electron chi connectivity index (χ1n) is 11.7. The van der Waals surface area contributed by atoms with Gasteiger partial charge in [0, 0.05) is 35.3 Å². The van der Waals surface area contributed by atoms with E-state index in [0.717, 1.165) is 27.6 Å². The minimum Gasteiger partial charge on any atom is -0.278 e. The van der Waals surface area contributed by atoms with Crippen LogP contribution in [0.15, 0.2) is 60.7 Å². The van der Waals surface area contributed by atoms with Crippen molar-refractivity contribution in [1.29, 1.82) is 0 Å². The summed E-state index contributed by atoms with van der Waals surface area (Å²) in [5, 5.41) is 9.77. The predicted molar refractivity (Wildman–Crippen MR) is 143 cm³/mol. The van der Waals surface area contributed by atoms with Crippen molar-refractivity contribution >= 4 is 55.7 Å². The fourth-order valence-corrected chi connectivity index (χ4v) is 6.40. The van der Waals surface area contributed by atoms with Crippen molar-refractivity contribution in [1.82, 2.24) is 14.5 Å². The second kappa shape index (κ2) is 10.4. The van der Waals surface area contributed by atoms with Gasteiger partial charge < -0.3 is 0 Å². The molecular weight excluding hydrogens is 582 g/mol. The van der Waals surface area contributed by atoms with E-state index >= 15 is 0 Å². The molecule has 0 aliphatic carbocycles. The highest BCUT2D eigenvalue weighted by Gasteiger charge is 2.50. The lowest BCUT2D eigenvalue weighted by Crippen LogP contribution is -2.44. The van der Waals surface area contributed by atoms with Gasteiger partial charge in [0.15, 0.2) is 0 Å². The standard InChI is InChI=1S/C26H21Cl3F3N3O2S/c27-19-5-1-15(2-6-19)24(18-3-7-21(28)22(29)14-18)17-4-8-23-20(13-17)25(34-33-23)16-9-11-35(12-10-16)38(36,37)26(30,31)32/h1-8,13-14,16,24H,9-12H2,(H,33,34). The first-order chi connectivity index (χ1) is 18.0. The molecule has 1 fully saturated rings. The monoisotopic (exact) mass is 601 g/mol. The number of alkyl halides is 3. The summed E-state index contributed by atoms with van der Waals surface area (Å²) in [6, 6.07) is 18.9. The topological polar surface area (TPSA) is 66.1 Å². The second-order valence-corrected chi connectivity index (χ2v) is 12.4. The molecule has 0 spiro atoms. The van der Waals surface area contributed by atoms with Gasteiger partial charge in [0.05, 0.1) is 21.3 Å². The maximum Gasteiger partial charge on any atom is 0.511 e. The van der Waals surface area contributed by atoms with Crippen LogP contribution in [0.5, 0.6) is 0 Å². The van der Waals surface area contributed by atoms with E-state index in [0.29, 0.717) is 25.1 Å². The third-order valence-electron chi connectivity index (χ3n) is 6.90. The molecule has 3 aromatic carbocycles. The molecule has 1 aliphatic rings. The number of fused-ring (bicyclic) bond motifs is 1. The van der Waals surface area contributed by atoms with Gasteiger partial charge in [-0.3, -0.25) is 5.10 Å². The number of piperidine rings is 1. The number of nitrogens with zero attached hydrogens (tertiary/aromatic N) is 2. The largest absolute Gasteiger partial charge is 0.511 e. The average molecular weight is 603 g/mol. The van der Waals surface area contributed by atoms with E-state index in [1.54, 1.807) is 6.07 Å². The molecule has 1 aromatic heterocycles. The molecule has 0 radical (unpaired) electrons. The Bertz CT molecular complexity index is 1580. The maximum absolute atomic E-state index is 13.0. The lowest BCUT2D eigenvalue weighted by molar-refractivity contribution is -0.0494. The van der Waals surface area contributed by atoms with Crippen LogP contribution in [-0.2, 0) is 10.0 Å². The third kappa shape index (κ3) is 5.14. The molecule has 1 aliphatic heterocycles. The van der Waals surface area contributed by atoms with Crippen molar-refractivity contribution in [2.75, 3.05) is 13.1 Å². The summed E-state index contributed by atoms with van der Waals surface area (Å²) < 4.78 is 63.1. The fraction of sp³-hybridized carbons (Fsp3) is 0.269. The van der Waals surface area contributed by atoms with Crippen LogP contribution < -0.4 is 0 Å². The van der Waals surface area contributed by atoms with Gasteiger partial charge in [0.2, 0.25) is 0 Å². The third-order valence-corrected chi connectivity index (χ3v) is 9.52. The van der Waals surface area contributed by atoms with Crippen LogP contribution in [0.3, 0.4) is 0 Å². The van der Waals surface area contributed by atoms with Crippen LogP contribution in [0.1, 0.15) is 47.1 Å². The first kappa shape index (κ1) is 27.3. The molecule has 5 nitrogen and oxygen atoms in total. The van der Waals surface area contributed by atoms with E-state index in [1.165, 1.54) is 0 Å². The zero-order chi connectivity index (χ0) is 27.2. The number of rotatable bonds is 5. The number of halogens is 6. The Labute approximate surface area is 232 Å². The van der Waals surface area contributed by atoms with Gasteiger partial charge in [-0.25, -0.2) is 8.42 Å². The number of benzene rings is 3. The molecular formula is C26H21Cl3F3N3O2S. The van der Waals surface area contributed by atoms with Gasteiger partial charge in [-0.2, -0.15) is 22.6 Å². The summed E-state index contributed by atoms with van der Waals surface area (Å²) in [5.41, 5.74) is -1.000. The molecule has 1 atom stereocenters. The van der Waals surface area contributed by atoms with Gasteiger partial charge in [-0.1, -0.05) is 59.1 Å². The molecule has 0 bridgehead atoms. The van der Waals surface area contributed by atoms with Crippen molar-refractivity contribution in [2.24, 2.45) is 0 Å². The van der Waals surface area contributed by atoms with Gasteiger partial charge in [0.25, 0.3) is 0 Å². The summed E-state index contributed by atoms with van der Waals surface area (Å²) >= 11 is 18.6. The molecule has 4 aromatic rings. The van der Waals surface area contributed by atoms with Crippen molar-refractivity contribution in [2.45, 2.75) is 30.2 Å². The highest BCUT2D eigenvalue weighted by atomic mass is 35.5. The zero-order valence-corrected chi connectivity index (χ0v) is 22.7. The van der Waals surface area contributed by atoms with Crippen molar-refractivity contribution in [3.63, 3.8) is 0 Å². The van der Waals surface area contributed by atoms with Crippen molar-refractivity contribution < 1.29 is 21.6 Å². The van der Waals surface area contributed by atoms with E-state index < -0.39 is 15.5 Å². The van der Waals surface area contributed by atoms with Crippen molar-refractivity contribution in [3.05, 3.63) is 98.1 Å². The van der Waals surface area contributed by atoms with E-state index in [-0.39, 0.29) is 37.8 Å². The Morgan fingerprint density at radius 1 is 0.868 bits per heavy atom. The number of hydrogen-bond donors (Lipinski definition) is 1. The van der Waals surface area contributed by atoms with E-state index in [9.17, 15) is 21.6 Å². The molecule has 1 unspecified atom stereocenters. The van der Waals surface area contributed by atoms with Crippen molar-refractivity contribution in [3.8, 4) is 0 Å². The summed E-state index contributed by atoms with van der Waals surface area (Å²) in [4.78, 5) is 0. The van der Waals surface area contributed by atoms with Crippen LogP contribution in [0.25, 0.3) is 10.9 Å². The number of nitrogens with one attached hydrogen (secondary N) is 1. The molecule has 12 heteroatoms. The SMILES string of the molecule is O=S(=O)(N1CCC(c2n[nH]c3ccc(C(c4ccc(Cl)cc4)c4ccc(Cl)c(Cl)c4)cc23)CC1)C(F)(F)F. The maximum atomic E-state index is 13.0. The zero-order valence-electron chi connectivity index (χ0n) is 19.6. The van der Waals surface area contributed by atoms with Crippen LogP contribution >= 0.6 is 34.8 Å². The van der Waals surface area contributed by atoms with E-state index in [1.807, 2.05) is 54.6 Å². The van der Waals surface area contributed by atoms with Gasteiger partial charge >= 0.3 is 15.5 Å². The Morgan fingerprint density at radius 3 is 2.11 bits per heavy atom. The summed E-state index contributed by atoms with van der Waals surface area (Å²) in [5.74, 6) is -0.411. The number of aromatic nitrogens is 2. The Kier molecular flexibility index (Phi) is 7.43. The van der Waals surface area contributed by atoms with Crippen LogP contribution in [0.2, 0.25) is 15.1 Å². The quantitative estimate of drug-likeness (QED) is 0.238. The summed E-state index contributed by atoms with van der Waals surface area (Å²) in [6.07, 6.45) is 0.458. The number of aromatic amines is 1. The van der Waals surface area contributed by atoms with Crippen LogP contribution in [0, 0.1) is 0 Å². The highest BCUT2D eigenvalue weighted by molar-refractivity contribution is 7.90. The number of H-pyrrole nitrogens is 1. The smallest absolute Gasteiger partial charge is 0.278 e. The first-order valence-corrected chi connectivity index (χ1v) is 14.3. The lowest BCUT2D eigenvalue weighted by Gasteiger charge is -2.31. The number of sulfonamides is 1. The summed E-state index contributed by atoms with van der Waals surface area (Å²) in [6.45, 7) is -0.450. The molecule has 1 N–H and O–H groups in total. The van der Waals surface area contributed by atoms with E-state index in [4.69, 9.17) is 34.8 Å². The van der Waals surface area contributed by atoms with Crippen LogP contribution in [0.4, 0.5) is 13.2 Å². The molecule has 0 saturated carbocycles.